The van der Waals surface area contributed by atoms with E-state index in [1.54, 1.807) is 19.1 Å². The molecule has 1 atom stereocenters. The molecule has 0 radical (unpaired) electrons. The summed E-state index contributed by atoms with van der Waals surface area (Å²) in [7, 11) is 0. The van der Waals surface area contributed by atoms with Crippen LogP contribution in [0.2, 0.25) is 0 Å². The van der Waals surface area contributed by atoms with E-state index in [1.165, 1.54) is 0 Å². The van der Waals surface area contributed by atoms with Crippen molar-refractivity contribution in [2.45, 2.75) is 13.0 Å². The maximum Gasteiger partial charge on any atom is 0.131 e. The lowest BCUT2D eigenvalue weighted by molar-refractivity contribution is 0.108. The molecule has 5 heteroatoms. The Bertz CT molecular complexity index is 422. The molecule has 18 heavy (non-hydrogen) atoms. The lowest BCUT2D eigenvalue weighted by Gasteiger charge is -2.34. The van der Waals surface area contributed by atoms with Gasteiger partial charge in [-0.25, -0.2) is 4.39 Å². The summed E-state index contributed by atoms with van der Waals surface area (Å²) in [4.78, 5) is 2.13. The van der Waals surface area contributed by atoms with Crippen molar-refractivity contribution in [3.05, 3.63) is 33.5 Å². The molecule has 1 aromatic rings. The highest BCUT2D eigenvalue weighted by molar-refractivity contribution is 9.10. The van der Waals surface area contributed by atoms with Gasteiger partial charge in [-0.1, -0.05) is 15.9 Å². The zero-order valence-corrected chi connectivity index (χ0v) is 12.0. The van der Waals surface area contributed by atoms with E-state index >= 15 is 0 Å². The molecule has 0 amide bonds. The van der Waals surface area contributed by atoms with E-state index in [4.69, 9.17) is 0 Å². The predicted octanol–water partition coefficient (Wildman–Crippen LogP) is 1.84. The molecule has 0 aromatic heterocycles. The summed E-state index contributed by atoms with van der Waals surface area (Å²) in [5, 5.41) is 12.9. The van der Waals surface area contributed by atoms with Gasteiger partial charge in [-0.3, -0.25) is 4.90 Å². The molecule has 0 bridgehead atoms. The molecule has 100 valence electrons. The minimum atomic E-state index is -0.261. The van der Waals surface area contributed by atoms with Crippen LogP contribution in [0.25, 0.3) is 0 Å². The van der Waals surface area contributed by atoms with Crippen LogP contribution in [0, 0.1) is 12.7 Å². The number of hydrogen-bond donors (Lipinski definition) is 2. The highest BCUT2D eigenvalue weighted by Gasteiger charge is 2.24. The molecule has 1 fully saturated rings. The van der Waals surface area contributed by atoms with Crippen LogP contribution in [-0.4, -0.2) is 42.8 Å². The smallest absolute Gasteiger partial charge is 0.131 e. The van der Waals surface area contributed by atoms with Gasteiger partial charge in [-0.15, -0.1) is 0 Å². The molecule has 1 saturated heterocycles. The third-order valence-corrected chi connectivity index (χ3v) is 3.83. The van der Waals surface area contributed by atoms with Gasteiger partial charge in [0.1, 0.15) is 5.82 Å². The van der Waals surface area contributed by atoms with E-state index in [0.717, 1.165) is 30.7 Å². The number of aryl methyl sites for hydroxylation is 1. The number of rotatable bonds is 3. The Morgan fingerprint density at radius 1 is 1.44 bits per heavy atom. The fourth-order valence-electron chi connectivity index (χ4n) is 2.40. The van der Waals surface area contributed by atoms with Gasteiger partial charge < -0.3 is 10.4 Å². The summed E-state index contributed by atoms with van der Waals surface area (Å²) in [5.41, 5.74) is 1.18. The summed E-state index contributed by atoms with van der Waals surface area (Å²) in [6, 6.07) is 3.26. The zero-order chi connectivity index (χ0) is 13.1. The van der Waals surface area contributed by atoms with Crippen molar-refractivity contribution in [1.82, 2.24) is 10.2 Å². The highest BCUT2D eigenvalue weighted by atomic mass is 79.9. The second-order valence-electron chi connectivity index (χ2n) is 4.61. The summed E-state index contributed by atoms with van der Waals surface area (Å²) >= 11 is 3.39. The Balaban J connectivity index is 2.31. The molecule has 1 aliphatic heterocycles. The van der Waals surface area contributed by atoms with Crippen LogP contribution in [0.5, 0.6) is 0 Å². The average molecular weight is 317 g/mol. The number of piperazine rings is 1. The van der Waals surface area contributed by atoms with Crippen molar-refractivity contribution in [3.8, 4) is 0 Å². The molecular weight excluding hydrogens is 299 g/mol. The van der Waals surface area contributed by atoms with Gasteiger partial charge in [-0.2, -0.15) is 0 Å². The molecule has 2 rings (SSSR count). The Morgan fingerprint density at radius 2 is 2.11 bits per heavy atom. The normalized spacial score (nSPS) is 18.9. The van der Waals surface area contributed by atoms with E-state index in [1.807, 2.05) is 0 Å². The Labute approximate surface area is 115 Å². The summed E-state index contributed by atoms with van der Waals surface area (Å²) in [6.45, 7) is 5.10. The molecule has 0 spiro atoms. The summed E-state index contributed by atoms with van der Waals surface area (Å²) in [6.07, 6.45) is 0. The highest BCUT2D eigenvalue weighted by Crippen LogP contribution is 2.28. The third kappa shape index (κ3) is 2.91. The molecular formula is C13H18BrFN2O. The second kappa shape index (κ2) is 6.10. The van der Waals surface area contributed by atoms with Crippen LogP contribution in [-0.2, 0) is 0 Å². The molecule has 0 aliphatic carbocycles. The van der Waals surface area contributed by atoms with Gasteiger partial charge in [0, 0.05) is 36.2 Å². The first-order chi connectivity index (χ1) is 8.63. The Kier molecular flexibility index (Phi) is 4.72. The van der Waals surface area contributed by atoms with Crippen molar-refractivity contribution >= 4 is 15.9 Å². The molecule has 0 saturated carbocycles. The number of hydrogen-bond acceptors (Lipinski definition) is 3. The van der Waals surface area contributed by atoms with Crippen LogP contribution in [0.15, 0.2) is 16.6 Å². The van der Waals surface area contributed by atoms with Crippen molar-refractivity contribution in [1.29, 1.82) is 0 Å². The Hall–Kier alpha value is -0.490. The van der Waals surface area contributed by atoms with E-state index in [2.05, 4.69) is 26.1 Å². The van der Waals surface area contributed by atoms with Gasteiger partial charge >= 0.3 is 0 Å². The fourth-order valence-corrected chi connectivity index (χ4v) is 2.99. The zero-order valence-electron chi connectivity index (χ0n) is 10.4. The molecule has 0 unspecified atom stereocenters. The lowest BCUT2D eigenvalue weighted by Crippen LogP contribution is -2.46. The van der Waals surface area contributed by atoms with E-state index in [9.17, 15) is 9.50 Å². The molecule has 3 nitrogen and oxygen atoms in total. The number of halogens is 2. The average Bonchev–Trinajstić information content (AvgIpc) is 2.37. The number of nitrogens with one attached hydrogen (secondary N) is 1. The topological polar surface area (TPSA) is 35.5 Å². The van der Waals surface area contributed by atoms with Gasteiger partial charge in [0.2, 0.25) is 0 Å². The lowest BCUT2D eigenvalue weighted by atomic mass is 10.0. The number of aliphatic hydroxyl groups excluding tert-OH is 1. The minimum absolute atomic E-state index is 0.0627. The number of nitrogens with zero attached hydrogens (tertiary/aromatic N) is 1. The van der Waals surface area contributed by atoms with Gasteiger partial charge in [0.25, 0.3) is 0 Å². The van der Waals surface area contributed by atoms with Crippen molar-refractivity contribution in [2.75, 3.05) is 32.8 Å². The maximum atomic E-state index is 14.2. The molecule has 2 N–H and O–H groups in total. The monoisotopic (exact) mass is 316 g/mol. The van der Waals surface area contributed by atoms with Crippen LogP contribution in [0.4, 0.5) is 4.39 Å². The van der Waals surface area contributed by atoms with Crippen molar-refractivity contribution < 1.29 is 9.50 Å². The van der Waals surface area contributed by atoms with Crippen molar-refractivity contribution in [3.63, 3.8) is 0 Å². The first kappa shape index (κ1) is 13.9. The number of benzene rings is 1. The minimum Gasteiger partial charge on any atom is -0.394 e. The first-order valence-electron chi connectivity index (χ1n) is 6.14. The maximum absolute atomic E-state index is 14.2. The van der Waals surface area contributed by atoms with E-state index < -0.39 is 0 Å². The standard InChI is InChI=1S/C13H18BrFN2O/c1-9-6-10(14)7-11(13(9)15)12(8-18)17-4-2-16-3-5-17/h6-7,12,16,18H,2-5,8H2,1H3/t12-/m0/s1. The summed E-state index contributed by atoms with van der Waals surface area (Å²) < 4.78 is 15.1. The Morgan fingerprint density at radius 3 is 2.72 bits per heavy atom. The second-order valence-corrected chi connectivity index (χ2v) is 5.53. The van der Waals surface area contributed by atoms with Gasteiger partial charge in [0.15, 0.2) is 0 Å². The first-order valence-corrected chi connectivity index (χ1v) is 6.94. The SMILES string of the molecule is Cc1cc(Br)cc([C@H](CO)N2CCNCC2)c1F. The number of aliphatic hydroxyl groups is 1. The quantitative estimate of drug-likeness (QED) is 0.893. The van der Waals surface area contributed by atoms with Crippen LogP contribution < -0.4 is 5.32 Å². The molecule has 1 aliphatic rings. The van der Waals surface area contributed by atoms with Gasteiger partial charge in [-0.05, 0) is 24.6 Å². The van der Waals surface area contributed by atoms with Crippen LogP contribution >= 0.6 is 15.9 Å². The van der Waals surface area contributed by atoms with E-state index in [0.29, 0.717) is 11.1 Å². The third-order valence-electron chi connectivity index (χ3n) is 3.37. The largest absolute Gasteiger partial charge is 0.394 e. The fraction of sp³-hybridized carbons (Fsp3) is 0.538. The predicted molar refractivity (Wildman–Crippen MR) is 73.1 cm³/mol. The molecule has 1 heterocycles. The molecule has 1 aromatic carbocycles. The van der Waals surface area contributed by atoms with Crippen molar-refractivity contribution in [2.24, 2.45) is 0 Å². The van der Waals surface area contributed by atoms with Gasteiger partial charge in [0.05, 0.1) is 12.6 Å². The van der Waals surface area contributed by atoms with Crippen LogP contribution in [0.1, 0.15) is 17.2 Å². The van der Waals surface area contributed by atoms with E-state index in [-0.39, 0.29) is 18.5 Å². The van der Waals surface area contributed by atoms with Crippen LogP contribution in [0.3, 0.4) is 0 Å². The summed E-state index contributed by atoms with van der Waals surface area (Å²) in [5.74, 6) is -0.212.